The van der Waals surface area contributed by atoms with E-state index in [0.29, 0.717) is 12.1 Å². The smallest absolute Gasteiger partial charge is 0.225 e. The van der Waals surface area contributed by atoms with E-state index in [1.807, 2.05) is 18.2 Å². The maximum atomic E-state index is 12.9. The van der Waals surface area contributed by atoms with Crippen molar-refractivity contribution in [3.8, 4) is 0 Å². The number of benzene rings is 2. The number of carbonyl (C=O) groups is 1. The fourth-order valence-electron chi connectivity index (χ4n) is 3.11. The van der Waals surface area contributed by atoms with E-state index in [4.69, 9.17) is 0 Å². The Kier molecular flexibility index (Phi) is 7.13. The van der Waals surface area contributed by atoms with Crippen LogP contribution in [-0.4, -0.2) is 55.0 Å². The van der Waals surface area contributed by atoms with Gasteiger partial charge in [-0.2, -0.15) is 0 Å². The first-order valence-electron chi connectivity index (χ1n) is 9.41. The highest BCUT2D eigenvalue weighted by Gasteiger charge is 2.16. The second kappa shape index (κ2) is 10.00. The average Bonchev–Trinajstić information content (AvgIpc) is 2.70. The van der Waals surface area contributed by atoms with E-state index in [2.05, 4.69) is 39.4 Å². The molecule has 2 aromatic carbocycles. The van der Waals surface area contributed by atoms with Crippen LogP contribution in [0, 0.1) is 5.82 Å². The van der Waals surface area contributed by atoms with Crippen LogP contribution in [0.1, 0.15) is 12.0 Å². The van der Waals surface area contributed by atoms with Crippen LogP contribution in [-0.2, 0) is 4.79 Å². The van der Waals surface area contributed by atoms with E-state index in [9.17, 15) is 9.18 Å². The number of anilines is 1. The third-order valence-electron chi connectivity index (χ3n) is 4.72. The van der Waals surface area contributed by atoms with Gasteiger partial charge in [0.15, 0.2) is 0 Å². The lowest BCUT2D eigenvalue weighted by Crippen LogP contribution is -2.46. The van der Waals surface area contributed by atoms with Gasteiger partial charge in [0, 0.05) is 51.4 Å². The van der Waals surface area contributed by atoms with Gasteiger partial charge in [-0.1, -0.05) is 42.5 Å². The van der Waals surface area contributed by atoms with Crippen molar-refractivity contribution in [1.29, 1.82) is 0 Å². The van der Waals surface area contributed by atoms with Crippen LogP contribution < -0.4 is 5.32 Å². The SMILES string of the molecule is O=C(CCN1CCN(C/C=C\c2ccccc2)CC1)Nc1ccc(F)cc1. The number of hydrogen-bond acceptors (Lipinski definition) is 3. The summed E-state index contributed by atoms with van der Waals surface area (Å²) in [5.74, 6) is -0.334. The maximum Gasteiger partial charge on any atom is 0.225 e. The first-order valence-corrected chi connectivity index (χ1v) is 9.41. The monoisotopic (exact) mass is 367 g/mol. The zero-order valence-electron chi connectivity index (χ0n) is 15.5. The highest BCUT2D eigenvalue weighted by Crippen LogP contribution is 2.09. The Balaban J connectivity index is 1.32. The molecule has 4 nitrogen and oxygen atoms in total. The molecule has 27 heavy (non-hydrogen) atoms. The molecule has 1 fully saturated rings. The van der Waals surface area contributed by atoms with Crippen molar-refractivity contribution >= 4 is 17.7 Å². The molecule has 0 aromatic heterocycles. The Morgan fingerprint density at radius 1 is 0.963 bits per heavy atom. The summed E-state index contributed by atoms with van der Waals surface area (Å²) in [6.45, 7) is 5.68. The third-order valence-corrected chi connectivity index (χ3v) is 4.72. The van der Waals surface area contributed by atoms with Gasteiger partial charge < -0.3 is 10.2 Å². The highest BCUT2D eigenvalue weighted by atomic mass is 19.1. The lowest BCUT2D eigenvalue weighted by atomic mass is 10.2. The summed E-state index contributed by atoms with van der Waals surface area (Å²) in [4.78, 5) is 16.8. The lowest BCUT2D eigenvalue weighted by molar-refractivity contribution is -0.116. The van der Waals surface area contributed by atoms with Crippen molar-refractivity contribution in [3.63, 3.8) is 0 Å². The summed E-state index contributed by atoms with van der Waals surface area (Å²) in [5, 5.41) is 2.81. The zero-order valence-corrected chi connectivity index (χ0v) is 15.5. The van der Waals surface area contributed by atoms with Gasteiger partial charge >= 0.3 is 0 Å². The normalized spacial score (nSPS) is 15.9. The molecule has 1 aliphatic rings. The molecule has 0 spiro atoms. The van der Waals surface area contributed by atoms with E-state index >= 15 is 0 Å². The van der Waals surface area contributed by atoms with Gasteiger partial charge in [-0.05, 0) is 29.8 Å². The molecule has 0 saturated carbocycles. The molecular formula is C22H26FN3O. The van der Waals surface area contributed by atoms with Crippen molar-refractivity contribution in [2.45, 2.75) is 6.42 Å². The van der Waals surface area contributed by atoms with Gasteiger partial charge in [0.1, 0.15) is 5.82 Å². The number of piperazine rings is 1. The van der Waals surface area contributed by atoms with Crippen LogP contribution in [0.25, 0.3) is 6.08 Å². The molecule has 0 aliphatic carbocycles. The van der Waals surface area contributed by atoms with Crippen molar-refractivity contribution in [2.75, 3.05) is 44.6 Å². The standard InChI is InChI=1S/C22H26FN3O/c23-20-8-10-21(11-9-20)24-22(27)12-14-26-17-15-25(16-18-26)13-4-7-19-5-2-1-3-6-19/h1-11H,12-18H2,(H,24,27)/b7-4-. The number of hydrogen-bond donors (Lipinski definition) is 1. The Hall–Kier alpha value is -2.50. The summed E-state index contributed by atoms with van der Waals surface area (Å²) >= 11 is 0. The molecule has 1 saturated heterocycles. The first-order chi connectivity index (χ1) is 13.2. The van der Waals surface area contributed by atoms with E-state index < -0.39 is 0 Å². The summed E-state index contributed by atoms with van der Waals surface area (Å²) < 4.78 is 12.9. The summed E-state index contributed by atoms with van der Waals surface area (Å²) in [6.07, 6.45) is 4.82. The molecule has 1 N–H and O–H groups in total. The molecule has 5 heteroatoms. The van der Waals surface area contributed by atoms with Crippen LogP contribution in [0.15, 0.2) is 60.7 Å². The number of carbonyl (C=O) groups excluding carboxylic acids is 1. The Morgan fingerprint density at radius 2 is 1.63 bits per heavy atom. The lowest BCUT2D eigenvalue weighted by Gasteiger charge is -2.34. The highest BCUT2D eigenvalue weighted by molar-refractivity contribution is 5.90. The van der Waals surface area contributed by atoms with Crippen molar-refractivity contribution in [3.05, 3.63) is 72.1 Å². The first kappa shape index (κ1) is 19.3. The molecule has 3 rings (SSSR count). The maximum absolute atomic E-state index is 12.9. The van der Waals surface area contributed by atoms with E-state index in [-0.39, 0.29) is 11.7 Å². The quantitative estimate of drug-likeness (QED) is 0.814. The molecule has 0 bridgehead atoms. The number of amides is 1. The molecule has 2 aromatic rings. The third kappa shape index (κ3) is 6.62. The molecule has 0 atom stereocenters. The van der Waals surface area contributed by atoms with Crippen LogP contribution in [0.3, 0.4) is 0 Å². The summed E-state index contributed by atoms with van der Waals surface area (Å²) in [6, 6.07) is 16.2. The molecule has 0 unspecified atom stereocenters. The van der Waals surface area contributed by atoms with Gasteiger partial charge in [-0.3, -0.25) is 9.69 Å². The largest absolute Gasteiger partial charge is 0.326 e. The topological polar surface area (TPSA) is 35.6 Å². The van der Waals surface area contributed by atoms with E-state index in [1.54, 1.807) is 12.1 Å². The van der Waals surface area contributed by atoms with Crippen molar-refractivity contribution < 1.29 is 9.18 Å². The molecule has 0 radical (unpaired) electrons. The fraction of sp³-hybridized carbons (Fsp3) is 0.318. The summed E-state index contributed by atoms with van der Waals surface area (Å²) in [5.41, 5.74) is 1.86. The van der Waals surface area contributed by atoms with E-state index in [1.165, 1.54) is 17.7 Å². The van der Waals surface area contributed by atoms with Gasteiger partial charge in [0.25, 0.3) is 0 Å². The Bertz CT molecular complexity index is 738. The second-order valence-electron chi connectivity index (χ2n) is 6.76. The average molecular weight is 367 g/mol. The molecule has 1 aliphatic heterocycles. The van der Waals surface area contributed by atoms with Crippen molar-refractivity contribution in [1.82, 2.24) is 9.80 Å². The fourth-order valence-corrected chi connectivity index (χ4v) is 3.11. The summed E-state index contributed by atoms with van der Waals surface area (Å²) in [7, 11) is 0. The Morgan fingerprint density at radius 3 is 2.33 bits per heavy atom. The van der Waals surface area contributed by atoms with E-state index in [0.717, 1.165) is 39.3 Å². The molecular weight excluding hydrogens is 341 g/mol. The van der Waals surface area contributed by atoms with Crippen LogP contribution in [0.2, 0.25) is 0 Å². The number of nitrogens with one attached hydrogen (secondary N) is 1. The second-order valence-corrected chi connectivity index (χ2v) is 6.76. The number of nitrogens with zero attached hydrogens (tertiary/aromatic N) is 2. The van der Waals surface area contributed by atoms with Gasteiger partial charge in [0.05, 0.1) is 0 Å². The van der Waals surface area contributed by atoms with Gasteiger partial charge in [0.2, 0.25) is 5.91 Å². The number of rotatable bonds is 7. The van der Waals surface area contributed by atoms with Gasteiger partial charge in [-0.25, -0.2) is 4.39 Å². The van der Waals surface area contributed by atoms with Crippen molar-refractivity contribution in [2.24, 2.45) is 0 Å². The predicted molar refractivity (Wildman–Crippen MR) is 108 cm³/mol. The minimum Gasteiger partial charge on any atom is -0.326 e. The van der Waals surface area contributed by atoms with Crippen LogP contribution in [0.4, 0.5) is 10.1 Å². The minimum absolute atomic E-state index is 0.0326. The minimum atomic E-state index is -0.301. The van der Waals surface area contributed by atoms with Crippen LogP contribution >= 0.6 is 0 Å². The molecule has 142 valence electrons. The van der Waals surface area contributed by atoms with Crippen LogP contribution in [0.5, 0.6) is 0 Å². The predicted octanol–water partition coefficient (Wildman–Crippen LogP) is 3.49. The number of halogens is 1. The van der Waals surface area contributed by atoms with Gasteiger partial charge in [-0.15, -0.1) is 0 Å². The molecule has 1 heterocycles. The zero-order chi connectivity index (χ0) is 18.9. The Labute approximate surface area is 160 Å². The molecule has 1 amide bonds.